The SMILES string of the molecule is C[C@H](C(=O)O)c1ccc2c(c1)C[C@H](C1CCCCC1)C2. The monoisotopic (exact) mass is 272 g/mol. The van der Waals surface area contributed by atoms with Gasteiger partial charge in [-0.3, -0.25) is 4.79 Å². The highest BCUT2D eigenvalue weighted by Gasteiger charge is 2.30. The Morgan fingerprint density at radius 1 is 1.10 bits per heavy atom. The van der Waals surface area contributed by atoms with E-state index in [9.17, 15) is 4.79 Å². The number of carbonyl (C=O) groups is 1. The molecule has 2 aliphatic rings. The van der Waals surface area contributed by atoms with E-state index >= 15 is 0 Å². The van der Waals surface area contributed by atoms with E-state index in [2.05, 4.69) is 12.1 Å². The van der Waals surface area contributed by atoms with Crippen LogP contribution in [-0.2, 0) is 17.6 Å². The fourth-order valence-corrected chi connectivity index (χ4v) is 4.02. The van der Waals surface area contributed by atoms with Crippen molar-refractivity contribution in [2.45, 2.75) is 57.8 Å². The van der Waals surface area contributed by atoms with Crippen LogP contribution in [0.15, 0.2) is 18.2 Å². The maximum Gasteiger partial charge on any atom is 0.310 e. The van der Waals surface area contributed by atoms with Gasteiger partial charge in [0.15, 0.2) is 0 Å². The zero-order valence-corrected chi connectivity index (χ0v) is 12.3. The Labute approximate surface area is 121 Å². The van der Waals surface area contributed by atoms with E-state index in [1.165, 1.54) is 56.1 Å². The second-order valence-corrected chi connectivity index (χ2v) is 6.65. The number of carboxylic acid groups (broad SMARTS) is 1. The van der Waals surface area contributed by atoms with Crippen molar-refractivity contribution in [3.63, 3.8) is 0 Å². The third-order valence-corrected chi connectivity index (χ3v) is 5.38. The highest BCUT2D eigenvalue weighted by molar-refractivity contribution is 5.75. The highest BCUT2D eigenvalue weighted by atomic mass is 16.4. The first kappa shape index (κ1) is 13.7. The summed E-state index contributed by atoms with van der Waals surface area (Å²) >= 11 is 0. The van der Waals surface area contributed by atoms with Crippen LogP contribution >= 0.6 is 0 Å². The molecule has 0 unspecified atom stereocenters. The van der Waals surface area contributed by atoms with E-state index in [1.807, 2.05) is 6.07 Å². The summed E-state index contributed by atoms with van der Waals surface area (Å²) in [6, 6.07) is 6.34. The molecule has 108 valence electrons. The lowest BCUT2D eigenvalue weighted by Crippen LogP contribution is -2.18. The van der Waals surface area contributed by atoms with Crippen molar-refractivity contribution in [3.05, 3.63) is 34.9 Å². The van der Waals surface area contributed by atoms with Crippen molar-refractivity contribution in [2.75, 3.05) is 0 Å². The summed E-state index contributed by atoms with van der Waals surface area (Å²) in [4.78, 5) is 11.1. The Morgan fingerprint density at radius 3 is 2.50 bits per heavy atom. The molecule has 1 aromatic carbocycles. The van der Waals surface area contributed by atoms with Gasteiger partial charge in [-0.15, -0.1) is 0 Å². The Hall–Kier alpha value is -1.31. The summed E-state index contributed by atoms with van der Waals surface area (Å²) in [7, 11) is 0. The molecule has 0 aliphatic heterocycles. The third-order valence-electron chi connectivity index (χ3n) is 5.38. The molecule has 0 aromatic heterocycles. The predicted octanol–water partition coefficient (Wildman–Crippen LogP) is 4.17. The maximum atomic E-state index is 11.1. The quantitative estimate of drug-likeness (QED) is 0.896. The molecule has 1 saturated carbocycles. The summed E-state index contributed by atoms with van der Waals surface area (Å²) in [5, 5.41) is 9.14. The van der Waals surface area contributed by atoms with Crippen LogP contribution in [0.3, 0.4) is 0 Å². The van der Waals surface area contributed by atoms with Crippen LogP contribution < -0.4 is 0 Å². The fourth-order valence-electron chi connectivity index (χ4n) is 4.02. The fraction of sp³-hybridized carbons (Fsp3) is 0.611. The minimum atomic E-state index is -0.730. The van der Waals surface area contributed by atoms with Crippen LogP contribution in [0.2, 0.25) is 0 Å². The van der Waals surface area contributed by atoms with Crippen LogP contribution in [0.1, 0.15) is 61.6 Å². The van der Waals surface area contributed by atoms with Gasteiger partial charge >= 0.3 is 5.97 Å². The number of rotatable bonds is 3. The van der Waals surface area contributed by atoms with Gasteiger partial charge in [0.2, 0.25) is 0 Å². The van der Waals surface area contributed by atoms with Gasteiger partial charge < -0.3 is 5.11 Å². The Balaban J connectivity index is 1.74. The maximum absolute atomic E-state index is 11.1. The molecule has 1 aromatic rings. The van der Waals surface area contributed by atoms with E-state index in [4.69, 9.17) is 5.11 Å². The zero-order valence-electron chi connectivity index (χ0n) is 12.3. The molecular weight excluding hydrogens is 248 g/mol. The Morgan fingerprint density at radius 2 is 1.80 bits per heavy atom. The molecule has 2 atom stereocenters. The molecule has 1 N–H and O–H groups in total. The van der Waals surface area contributed by atoms with Gasteiger partial charge in [0.25, 0.3) is 0 Å². The first-order chi connectivity index (χ1) is 9.65. The minimum absolute atomic E-state index is 0.394. The van der Waals surface area contributed by atoms with Crippen LogP contribution in [0.5, 0.6) is 0 Å². The predicted molar refractivity (Wildman–Crippen MR) is 80.0 cm³/mol. The lowest BCUT2D eigenvalue weighted by Gasteiger charge is -2.27. The number of hydrogen-bond donors (Lipinski definition) is 1. The number of hydrogen-bond acceptors (Lipinski definition) is 1. The topological polar surface area (TPSA) is 37.3 Å². The molecular formula is C18H24O2. The van der Waals surface area contributed by atoms with E-state index in [-0.39, 0.29) is 0 Å². The van der Waals surface area contributed by atoms with Crippen molar-refractivity contribution in [1.29, 1.82) is 0 Å². The molecule has 0 radical (unpaired) electrons. The molecule has 0 saturated heterocycles. The lowest BCUT2D eigenvalue weighted by atomic mass is 9.79. The van der Waals surface area contributed by atoms with Crippen molar-refractivity contribution < 1.29 is 9.90 Å². The third kappa shape index (κ3) is 2.61. The number of carboxylic acids is 1. The van der Waals surface area contributed by atoms with E-state index in [1.54, 1.807) is 6.92 Å². The number of fused-ring (bicyclic) bond motifs is 1. The molecule has 0 amide bonds. The molecule has 20 heavy (non-hydrogen) atoms. The zero-order chi connectivity index (χ0) is 14.1. The highest BCUT2D eigenvalue weighted by Crippen LogP contribution is 2.39. The standard InChI is InChI=1S/C18H24O2/c1-12(18(19)20)14-7-8-15-10-16(11-17(15)9-14)13-5-3-2-4-6-13/h7-9,12-13,16H,2-6,10-11H2,1H3,(H,19,20)/t12-,16+/m0/s1. The van der Waals surface area contributed by atoms with Gasteiger partial charge in [0.05, 0.1) is 5.92 Å². The van der Waals surface area contributed by atoms with Crippen LogP contribution in [0.4, 0.5) is 0 Å². The molecule has 0 bridgehead atoms. The lowest BCUT2D eigenvalue weighted by molar-refractivity contribution is -0.138. The van der Waals surface area contributed by atoms with Crippen LogP contribution in [-0.4, -0.2) is 11.1 Å². The number of aliphatic carboxylic acids is 1. The minimum Gasteiger partial charge on any atom is -0.481 e. The van der Waals surface area contributed by atoms with E-state index < -0.39 is 11.9 Å². The van der Waals surface area contributed by atoms with Crippen LogP contribution in [0, 0.1) is 11.8 Å². The normalized spacial score (nSPS) is 24.4. The molecule has 3 rings (SSSR count). The number of benzene rings is 1. The molecule has 2 nitrogen and oxygen atoms in total. The summed E-state index contributed by atoms with van der Waals surface area (Å²) in [6.07, 6.45) is 9.39. The van der Waals surface area contributed by atoms with Gasteiger partial charge in [0, 0.05) is 0 Å². The van der Waals surface area contributed by atoms with Gasteiger partial charge in [-0.25, -0.2) is 0 Å². The second kappa shape index (κ2) is 5.59. The van der Waals surface area contributed by atoms with Crippen LogP contribution in [0.25, 0.3) is 0 Å². The molecule has 1 fully saturated rings. The summed E-state index contributed by atoms with van der Waals surface area (Å²) in [6.45, 7) is 1.78. The first-order valence-electron chi connectivity index (χ1n) is 7.99. The largest absolute Gasteiger partial charge is 0.481 e. The van der Waals surface area contributed by atoms with Gasteiger partial charge in [0.1, 0.15) is 0 Å². The molecule has 2 aliphatic carbocycles. The van der Waals surface area contributed by atoms with E-state index in [0.29, 0.717) is 0 Å². The molecule has 0 spiro atoms. The second-order valence-electron chi connectivity index (χ2n) is 6.65. The van der Waals surface area contributed by atoms with Crippen molar-refractivity contribution in [1.82, 2.24) is 0 Å². The average molecular weight is 272 g/mol. The molecule has 2 heteroatoms. The van der Waals surface area contributed by atoms with Crippen molar-refractivity contribution >= 4 is 5.97 Å². The summed E-state index contributed by atoms with van der Waals surface area (Å²) < 4.78 is 0. The molecule has 0 heterocycles. The van der Waals surface area contributed by atoms with E-state index in [0.717, 1.165) is 17.4 Å². The van der Waals surface area contributed by atoms with Gasteiger partial charge in [-0.1, -0.05) is 50.3 Å². The summed E-state index contributed by atoms with van der Waals surface area (Å²) in [5.74, 6) is 0.581. The Bertz CT molecular complexity index is 500. The van der Waals surface area contributed by atoms with Crippen molar-refractivity contribution in [3.8, 4) is 0 Å². The van der Waals surface area contributed by atoms with Gasteiger partial charge in [-0.05, 0) is 48.3 Å². The van der Waals surface area contributed by atoms with Crippen molar-refractivity contribution in [2.24, 2.45) is 11.8 Å². The smallest absolute Gasteiger partial charge is 0.310 e. The van der Waals surface area contributed by atoms with Gasteiger partial charge in [-0.2, -0.15) is 0 Å². The average Bonchev–Trinajstić information content (AvgIpc) is 2.90. The Kier molecular flexibility index (Phi) is 3.82. The summed E-state index contributed by atoms with van der Waals surface area (Å²) in [5.41, 5.74) is 3.83. The first-order valence-corrected chi connectivity index (χ1v) is 7.99.